The van der Waals surface area contributed by atoms with Gasteiger partial charge in [-0.2, -0.15) is 0 Å². The zero-order chi connectivity index (χ0) is 11.6. The van der Waals surface area contributed by atoms with Crippen LogP contribution in [0.5, 0.6) is 0 Å². The van der Waals surface area contributed by atoms with Crippen molar-refractivity contribution in [1.29, 1.82) is 0 Å². The van der Waals surface area contributed by atoms with Crippen molar-refractivity contribution in [1.82, 2.24) is 4.90 Å². The van der Waals surface area contributed by atoms with Gasteiger partial charge in [-0.25, -0.2) is 8.42 Å². The smallest absolute Gasteiger partial charge is 0.155 e. The summed E-state index contributed by atoms with van der Waals surface area (Å²) in [5, 5.41) is 9.23. The highest BCUT2D eigenvalue weighted by atomic mass is 32.2. The van der Waals surface area contributed by atoms with Gasteiger partial charge in [0, 0.05) is 19.1 Å². The molecule has 0 aromatic rings. The van der Waals surface area contributed by atoms with E-state index in [1.54, 1.807) is 6.92 Å². The molecule has 0 amide bonds. The van der Waals surface area contributed by atoms with Crippen LogP contribution in [0, 0.1) is 0 Å². The monoisotopic (exact) mass is 235 g/mol. The van der Waals surface area contributed by atoms with Gasteiger partial charge in [0.2, 0.25) is 0 Å². The Hall–Kier alpha value is -0.130. The molecule has 0 spiro atoms. The molecule has 0 aliphatic carbocycles. The van der Waals surface area contributed by atoms with Gasteiger partial charge in [0.15, 0.2) is 9.84 Å². The number of β-amino-alcohol motifs (C(OH)–C–C–N with tert-alkyl or cyclic N) is 1. The standard InChI is InChI=1S/C10H21NO3S/c1-4-10(12)7-11-5-6-15(13,14)9(3)8(11)2/h8-10,12H,4-7H2,1-3H3/t8?,9?,10-/m1/s1. The molecule has 1 N–H and O–H groups in total. The third kappa shape index (κ3) is 2.92. The lowest BCUT2D eigenvalue weighted by Crippen LogP contribution is -2.53. The Bertz CT molecular complexity index is 302. The van der Waals surface area contributed by atoms with E-state index in [4.69, 9.17) is 0 Å². The van der Waals surface area contributed by atoms with E-state index in [9.17, 15) is 13.5 Å². The van der Waals surface area contributed by atoms with Crippen molar-refractivity contribution >= 4 is 9.84 Å². The van der Waals surface area contributed by atoms with Crippen molar-refractivity contribution in [3.63, 3.8) is 0 Å². The van der Waals surface area contributed by atoms with Crippen molar-refractivity contribution in [2.75, 3.05) is 18.8 Å². The van der Waals surface area contributed by atoms with Crippen molar-refractivity contribution in [2.24, 2.45) is 0 Å². The molecule has 4 nitrogen and oxygen atoms in total. The van der Waals surface area contributed by atoms with Gasteiger partial charge in [-0.05, 0) is 20.3 Å². The summed E-state index contributed by atoms with van der Waals surface area (Å²) >= 11 is 0. The zero-order valence-electron chi connectivity index (χ0n) is 9.68. The maximum absolute atomic E-state index is 11.6. The van der Waals surface area contributed by atoms with E-state index >= 15 is 0 Å². The molecule has 0 saturated carbocycles. The molecule has 15 heavy (non-hydrogen) atoms. The number of hydrogen-bond acceptors (Lipinski definition) is 4. The van der Waals surface area contributed by atoms with Crippen molar-refractivity contribution in [3.8, 4) is 0 Å². The minimum atomic E-state index is -2.91. The molecule has 1 rings (SSSR count). The van der Waals surface area contributed by atoms with Crippen molar-refractivity contribution in [2.45, 2.75) is 44.6 Å². The summed E-state index contributed by atoms with van der Waals surface area (Å²) in [4.78, 5) is 2.07. The van der Waals surface area contributed by atoms with Crippen LogP contribution >= 0.6 is 0 Å². The highest BCUT2D eigenvalue weighted by Crippen LogP contribution is 2.19. The fourth-order valence-electron chi connectivity index (χ4n) is 1.89. The normalized spacial score (nSPS) is 33.9. The summed E-state index contributed by atoms with van der Waals surface area (Å²) in [5.41, 5.74) is 0. The lowest BCUT2D eigenvalue weighted by Gasteiger charge is -2.38. The fourth-order valence-corrected chi connectivity index (χ4v) is 3.52. The first-order chi connectivity index (χ1) is 6.88. The Kier molecular flexibility index (Phi) is 4.14. The van der Waals surface area contributed by atoms with Gasteiger partial charge >= 0.3 is 0 Å². The SMILES string of the molecule is CC[C@@H](O)CN1CCS(=O)(=O)C(C)C1C. The van der Waals surface area contributed by atoms with Crippen LogP contribution in [-0.2, 0) is 9.84 Å². The number of sulfone groups is 1. The van der Waals surface area contributed by atoms with Gasteiger partial charge in [0.05, 0.1) is 17.1 Å². The van der Waals surface area contributed by atoms with E-state index in [0.717, 1.165) is 0 Å². The molecule has 1 aliphatic rings. The summed E-state index contributed by atoms with van der Waals surface area (Å²) in [7, 11) is -2.91. The Balaban J connectivity index is 2.65. The molecule has 0 bridgehead atoms. The third-order valence-corrected chi connectivity index (χ3v) is 5.68. The number of aliphatic hydroxyl groups is 1. The number of aliphatic hydroxyl groups excluding tert-OH is 1. The first-order valence-corrected chi connectivity index (χ1v) is 7.23. The van der Waals surface area contributed by atoms with Crippen LogP contribution in [0.15, 0.2) is 0 Å². The minimum Gasteiger partial charge on any atom is -0.392 e. The molecule has 5 heteroatoms. The van der Waals surface area contributed by atoms with E-state index in [1.165, 1.54) is 0 Å². The second kappa shape index (κ2) is 4.80. The summed E-state index contributed by atoms with van der Waals surface area (Å²) < 4.78 is 23.2. The maximum Gasteiger partial charge on any atom is 0.155 e. The molecule has 0 aromatic carbocycles. The van der Waals surface area contributed by atoms with Gasteiger partial charge in [-0.1, -0.05) is 6.92 Å². The highest BCUT2D eigenvalue weighted by molar-refractivity contribution is 7.92. The lowest BCUT2D eigenvalue weighted by atomic mass is 10.1. The van der Waals surface area contributed by atoms with E-state index in [-0.39, 0.29) is 23.1 Å². The molecule has 90 valence electrons. The first kappa shape index (κ1) is 12.9. The van der Waals surface area contributed by atoms with Gasteiger partial charge < -0.3 is 5.11 Å². The minimum absolute atomic E-state index is 0.00458. The van der Waals surface area contributed by atoms with Gasteiger partial charge in [-0.15, -0.1) is 0 Å². The summed E-state index contributed by atoms with van der Waals surface area (Å²) in [5.74, 6) is 0.217. The van der Waals surface area contributed by atoms with E-state index < -0.39 is 9.84 Å². The summed E-state index contributed by atoms with van der Waals surface area (Å²) in [6.45, 7) is 6.73. The van der Waals surface area contributed by atoms with Gasteiger partial charge in [0.25, 0.3) is 0 Å². The predicted molar refractivity (Wildman–Crippen MR) is 60.6 cm³/mol. The molecule has 1 aliphatic heterocycles. The lowest BCUT2D eigenvalue weighted by molar-refractivity contribution is 0.0884. The van der Waals surface area contributed by atoms with Crippen LogP contribution in [0.2, 0.25) is 0 Å². The molecule has 0 aromatic heterocycles. The number of nitrogens with zero attached hydrogens (tertiary/aromatic N) is 1. The first-order valence-electron chi connectivity index (χ1n) is 5.52. The van der Waals surface area contributed by atoms with Gasteiger partial charge in [-0.3, -0.25) is 4.90 Å². The van der Waals surface area contributed by atoms with Crippen molar-refractivity contribution in [3.05, 3.63) is 0 Å². The fraction of sp³-hybridized carbons (Fsp3) is 1.00. The van der Waals surface area contributed by atoms with Crippen LogP contribution in [-0.4, -0.2) is 54.7 Å². The molecule has 1 heterocycles. The topological polar surface area (TPSA) is 57.6 Å². The third-order valence-electron chi connectivity index (χ3n) is 3.40. The van der Waals surface area contributed by atoms with Crippen LogP contribution in [0.3, 0.4) is 0 Å². The van der Waals surface area contributed by atoms with Crippen LogP contribution < -0.4 is 0 Å². The summed E-state index contributed by atoms with van der Waals surface area (Å²) in [6.07, 6.45) is 0.366. The Morgan fingerprint density at radius 2 is 2.07 bits per heavy atom. The van der Waals surface area contributed by atoms with Gasteiger partial charge in [0.1, 0.15) is 0 Å². The largest absolute Gasteiger partial charge is 0.392 e. The molecule has 1 saturated heterocycles. The molecule has 1 fully saturated rings. The number of hydrogen-bond donors (Lipinski definition) is 1. The van der Waals surface area contributed by atoms with Crippen LogP contribution in [0.25, 0.3) is 0 Å². The highest BCUT2D eigenvalue weighted by Gasteiger charge is 2.35. The Morgan fingerprint density at radius 3 is 2.60 bits per heavy atom. The zero-order valence-corrected chi connectivity index (χ0v) is 10.5. The average Bonchev–Trinajstić information content (AvgIpc) is 2.19. The van der Waals surface area contributed by atoms with E-state index in [1.807, 2.05) is 13.8 Å². The Morgan fingerprint density at radius 1 is 1.47 bits per heavy atom. The Labute approximate surface area is 92.2 Å². The molecule has 0 radical (unpaired) electrons. The molecular formula is C10H21NO3S. The summed E-state index contributed by atoms with van der Waals surface area (Å²) in [6, 6.07) is 0.00458. The van der Waals surface area contributed by atoms with E-state index in [2.05, 4.69) is 4.90 Å². The predicted octanol–water partition coefficient (Wildman–Crippen LogP) is 0.265. The van der Waals surface area contributed by atoms with Crippen molar-refractivity contribution < 1.29 is 13.5 Å². The number of rotatable bonds is 3. The molecular weight excluding hydrogens is 214 g/mol. The average molecular weight is 235 g/mol. The second-order valence-corrected chi connectivity index (χ2v) is 6.85. The van der Waals surface area contributed by atoms with E-state index in [0.29, 0.717) is 19.5 Å². The molecule has 2 unspecified atom stereocenters. The second-order valence-electron chi connectivity index (χ2n) is 4.37. The molecule has 3 atom stereocenters. The quantitative estimate of drug-likeness (QED) is 0.762. The van der Waals surface area contributed by atoms with Crippen LogP contribution in [0.1, 0.15) is 27.2 Å². The van der Waals surface area contributed by atoms with Crippen LogP contribution in [0.4, 0.5) is 0 Å². The maximum atomic E-state index is 11.6.